The van der Waals surface area contributed by atoms with Gasteiger partial charge in [-0.05, 0) is 72.8 Å². The smallest absolute Gasteiger partial charge is 0.00817 e. The Morgan fingerprint density at radius 1 is 1.22 bits per heavy atom. The van der Waals surface area contributed by atoms with Gasteiger partial charge < -0.3 is 15.5 Å². The van der Waals surface area contributed by atoms with Gasteiger partial charge in [-0.1, -0.05) is 12.8 Å². The van der Waals surface area contributed by atoms with E-state index in [0.717, 1.165) is 6.04 Å². The molecule has 18 heavy (non-hydrogen) atoms. The average Bonchev–Trinajstić information content (AvgIpc) is 2.56. The summed E-state index contributed by atoms with van der Waals surface area (Å²) < 4.78 is 0. The van der Waals surface area contributed by atoms with Crippen LogP contribution in [0.1, 0.15) is 51.9 Å². The average molecular weight is 255 g/mol. The van der Waals surface area contributed by atoms with Gasteiger partial charge in [0.2, 0.25) is 0 Å². The summed E-state index contributed by atoms with van der Waals surface area (Å²) in [5.41, 5.74) is 0. The molecule has 2 unspecified atom stereocenters. The van der Waals surface area contributed by atoms with Crippen LogP contribution in [0.5, 0.6) is 0 Å². The Balaban J connectivity index is 2.00. The van der Waals surface area contributed by atoms with Crippen molar-refractivity contribution in [3.63, 3.8) is 0 Å². The van der Waals surface area contributed by atoms with Gasteiger partial charge in [-0.2, -0.15) is 0 Å². The molecule has 0 aliphatic carbocycles. The van der Waals surface area contributed by atoms with Crippen molar-refractivity contribution >= 4 is 0 Å². The van der Waals surface area contributed by atoms with Crippen LogP contribution < -0.4 is 10.6 Å². The summed E-state index contributed by atoms with van der Waals surface area (Å²) in [6, 6.07) is 1.40. The van der Waals surface area contributed by atoms with Crippen molar-refractivity contribution in [2.24, 2.45) is 0 Å². The maximum atomic E-state index is 3.68. The maximum Gasteiger partial charge on any atom is 0.00817 e. The van der Waals surface area contributed by atoms with E-state index in [1.54, 1.807) is 0 Å². The third kappa shape index (κ3) is 8.06. The van der Waals surface area contributed by atoms with Crippen molar-refractivity contribution in [3.05, 3.63) is 0 Å². The van der Waals surface area contributed by atoms with E-state index in [-0.39, 0.29) is 0 Å². The molecule has 1 rings (SSSR count). The Kier molecular flexibility index (Phi) is 8.64. The number of hydrogen-bond acceptors (Lipinski definition) is 3. The summed E-state index contributed by atoms with van der Waals surface area (Å²) in [4.78, 5) is 2.26. The monoisotopic (exact) mass is 255 g/mol. The first-order valence-electron chi connectivity index (χ1n) is 7.80. The zero-order valence-corrected chi connectivity index (χ0v) is 12.7. The third-order valence-electron chi connectivity index (χ3n) is 3.83. The minimum atomic E-state index is 0.653. The Hall–Kier alpha value is -0.120. The van der Waals surface area contributed by atoms with E-state index in [2.05, 4.69) is 36.6 Å². The van der Waals surface area contributed by atoms with Crippen molar-refractivity contribution in [3.8, 4) is 0 Å². The summed E-state index contributed by atoms with van der Waals surface area (Å²) in [6.07, 6.45) is 9.43. The molecule has 1 heterocycles. The number of rotatable bonds is 8. The van der Waals surface area contributed by atoms with Gasteiger partial charge in [0.25, 0.3) is 0 Å². The molecular weight excluding hydrogens is 222 g/mol. The van der Waals surface area contributed by atoms with E-state index >= 15 is 0 Å². The van der Waals surface area contributed by atoms with Crippen LogP contribution in [0, 0.1) is 0 Å². The molecule has 3 heteroatoms. The fourth-order valence-electron chi connectivity index (χ4n) is 2.71. The van der Waals surface area contributed by atoms with E-state index in [9.17, 15) is 0 Å². The highest BCUT2D eigenvalue weighted by Crippen LogP contribution is 2.12. The molecular formula is C15H33N3. The summed E-state index contributed by atoms with van der Waals surface area (Å²) >= 11 is 0. The Morgan fingerprint density at radius 2 is 2.06 bits per heavy atom. The second kappa shape index (κ2) is 9.76. The second-order valence-electron chi connectivity index (χ2n) is 6.10. The van der Waals surface area contributed by atoms with Crippen LogP contribution in [0.15, 0.2) is 0 Å². The zero-order chi connectivity index (χ0) is 13.2. The van der Waals surface area contributed by atoms with E-state index in [1.807, 2.05) is 0 Å². The van der Waals surface area contributed by atoms with E-state index < -0.39 is 0 Å². The molecule has 0 saturated carbocycles. The molecule has 0 aromatic rings. The lowest BCUT2D eigenvalue weighted by Crippen LogP contribution is -2.37. The normalized spacial score (nSPS) is 23.0. The van der Waals surface area contributed by atoms with Crippen LogP contribution in [-0.2, 0) is 0 Å². The lowest BCUT2D eigenvalue weighted by atomic mass is 10.0. The molecule has 1 saturated heterocycles. The molecule has 2 atom stereocenters. The lowest BCUT2D eigenvalue weighted by molar-refractivity contribution is 0.376. The quantitative estimate of drug-likeness (QED) is 0.651. The highest BCUT2D eigenvalue weighted by atomic mass is 15.0. The first-order chi connectivity index (χ1) is 8.68. The maximum absolute atomic E-state index is 3.68. The summed E-state index contributed by atoms with van der Waals surface area (Å²) in [7, 11) is 4.29. The van der Waals surface area contributed by atoms with Gasteiger partial charge in [0.15, 0.2) is 0 Å². The third-order valence-corrected chi connectivity index (χ3v) is 3.83. The minimum absolute atomic E-state index is 0.653. The van der Waals surface area contributed by atoms with Crippen LogP contribution >= 0.6 is 0 Å². The van der Waals surface area contributed by atoms with E-state index in [4.69, 9.17) is 0 Å². The van der Waals surface area contributed by atoms with Gasteiger partial charge in [0.05, 0.1) is 0 Å². The van der Waals surface area contributed by atoms with Crippen LogP contribution in [-0.4, -0.2) is 50.7 Å². The molecule has 0 bridgehead atoms. The highest BCUT2D eigenvalue weighted by Gasteiger charge is 2.14. The Morgan fingerprint density at radius 3 is 2.83 bits per heavy atom. The first kappa shape index (κ1) is 15.9. The SMILES string of the molecule is CC(CC1CCCCCN1)NCCCCN(C)C. The molecule has 0 amide bonds. The molecule has 0 aromatic carbocycles. The van der Waals surface area contributed by atoms with Gasteiger partial charge in [-0.15, -0.1) is 0 Å². The fourth-order valence-corrected chi connectivity index (χ4v) is 2.71. The zero-order valence-electron chi connectivity index (χ0n) is 12.7. The molecule has 108 valence electrons. The lowest BCUT2D eigenvalue weighted by Gasteiger charge is -2.21. The fraction of sp³-hybridized carbons (Fsp3) is 1.00. The second-order valence-corrected chi connectivity index (χ2v) is 6.10. The van der Waals surface area contributed by atoms with Gasteiger partial charge in [-0.25, -0.2) is 0 Å². The van der Waals surface area contributed by atoms with Gasteiger partial charge in [0.1, 0.15) is 0 Å². The highest BCUT2D eigenvalue weighted by molar-refractivity contribution is 4.75. The van der Waals surface area contributed by atoms with Crippen LogP contribution in [0.25, 0.3) is 0 Å². The van der Waals surface area contributed by atoms with E-state index in [1.165, 1.54) is 64.6 Å². The van der Waals surface area contributed by atoms with Crippen molar-refractivity contribution < 1.29 is 0 Å². The standard InChI is InChI=1S/C15H33N3/c1-14(16-10-7-8-12-18(2)3)13-15-9-5-4-6-11-17-15/h14-17H,4-13H2,1-3H3. The summed E-state index contributed by atoms with van der Waals surface area (Å²) in [5, 5.41) is 7.35. The van der Waals surface area contributed by atoms with Gasteiger partial charge in [0, 0.05) is 12.1 Å². The Labute approximate surface area is 114 Å². The summed E-state index contributed by atoms with van der Waals surface area (Å²) in [5.74, 6) is 0. The number of hydrogen-bond donors (Lipinski definition) is 2. The largest absolute Gasteiger partial charge is 0.314 e. The van der Waals surface area contributed by atoms with Gasteiger partial charge >= 0.3 is 0 Å². The number of nitrogens with zero attached hydrogens (tertiary/aromatic N) is 1. The number of nitrogens with one attached hydrogen (secondary N) is 2. The van der Waals surface area contributed by atoms with Crippen molar-refractivity contribution in [1.29, 1.82) is 0 Å². The Bertz CT molecular complexity index is 186. The predicted octanol–water partition coefficient (Wildman–Crippen LogP) is 2.23. The molecule has 1 aliphatic heterocycles. The molecule has 1 aliphatic rings. The molecule has 2 N–H and O–H groups in total. The molecule has 0 aromatic heterocycles. The minimum Gasteiger partial charge on any atom is -0.314 e. The van der Waals surface area contributed by atoms with Crippen LogP contribution in [0.2, 0.25) is 0 Å². The first-order valence-corrected chi connectivity index (χ1v) is 7.80. The van der Waals surface area contributed by atoms with Crippen molar-refractivity contribution in [2.45, 2.75) is 64.0 Å². The van der Waals surface area contributed by atoms with Crippen LogP contribution in [0.4, 0.5) is 0 Å². The van der Waals surface area contributed by atoms with E-state index in [0.29, 0.717) is 6.04 Å². The van der Waals surface area contributed by atoms with Crippen LogP contribution in [0.3, 0.4) is 0 Å². The van der Waals surface area contributed by atoms with Crippen molar-refractivity contribution in [2.75, 3.05) is 33.7 Å². The predicted molar refractivity (Wildman–Crippen MR) is 80.1 cm³/mol. The molecule has 0 radical (unpaired) electrons. The van der Waals surface area contributed by atoms with Crippen molar-refractivity contribution in [1.82, 2.24) is 15.5 Å². The number of unbranched alkanes of at least 4 members (excludes halogenated alkanes) is 1. The molecule has 3 nitrogen and oxygen atoms in total. The molecule has 0 spiro atoms. The van der Waals surface area contributed by atoms with Gasteiger partial charge in [-0.3, -0.25) is 0 Å². The summed E-state index contributed by atoms with van der Waals surface area (Å²) in [6.45, 7) is 5.93. The molecule has 1 fully saturated rings. The topological polar surface area (TPSA) is 27.3 Å².